The molecule has 0 saturated heterocycles. The van der Waals surface area contributed by atoms with Crippen LogP contribution in [0.5, 0.6) is 0 Å². The van der Waals surface area contributed by atoms with Gasteiger partial charge in [0.15, 0.2) is 8.32 Å². The molecule has 0 heterocycles. The molecular formula is C16H31LiO2Si. The van der Waals surface area contributed by atoms with Crippen molar-refractivity contribution >= 4 is 8.32 Å². The van der Waals surface area contributed by atoms with E-state index in [0.29, 0.717) is 6.42 Å². The first-order chi connectivity index (χ1) is 8.40. The number of hydrogen-bond acceptors (Lipinski definition) is 2. The summed E-state index contributed by atoms with van der Waals surface area (Å²) < 4.78 is 6.46. The summed E-state index contributed by atoms with van der Waals surface area (Å²) in [5.41, 5.74) is -0.502. The van der Waals surface area contributed by atoms with Crippen LogP contribution in [-0.2, 0) is 4.43 Å². The van der Waals surface area contributed by atoms with Crippen molar-refractivity contribution in [2.24, 2.45) is 5.41 Å². The predicted molar refractivity (Wildman–Crippen MR) is 84.4 cm³/mol. The van der Waals surface area contributed by atoms with Crippen molar-refractivity contribution < 1.29 is 28.4 Å². The fourth-order valence-electron chi connectivity index (χ4n) is 1.70. The van der Waals surface area contributed by atoms with Crippen LogP contribution in [0.2, 0.25) is 18.1 Å². The van der Waals surface area contributed by atoms with Gasteiger partial charge in [-0.25, -0.2) is 0 Å². The van der Waals surface area contributed by atoms with Gasteiger partial charge in [0, 0.05) is 5.41 Å². The predicted octanol–water partition coefficient (Wildman–Crippen LogP) is 1.25. The van der Waals surface area contributed by atoms with Gasteiger partial charge in [-0.1, -0.05) is 46.8 Å². The molecule has 0 aromatic rings. The molecule has 0 amide bonds. The average molecular weight is 290 g/mol. The molecule has 4 heteroatoms. The van der Waals surface area contributed by atoms with Gasteiger partial charge >= 0.3 is 18.9 Å². The van der Waals surface area contributed by atoms with Crippen LogP contribution < -0.4 is 24.0 Å². The smallest absolute Gasteiger partial charge is 0.875 e. The summed E-state index contributed by atoms with van der Waals surface area (Å²) in [6.45, 7) is 20.6. The van der Waals surface area contributed by atoms with Crippen molar-refractivity contribution in [3.63, 3.8) is 0 Å². The largest absolute Gasteiger partial charge is 1.00 e. The van der Waals surface area contributed by atoms with Crippen molar-refractivity contribution in [1.29, 1.82) is 0 Å². The normalized spacial score (nSPS) is 15.5. The van der Waals surface area contributed by atoms with E-state index in [0.717, 1.165) is 0 Å². The molecule has 0 fully saturated rings. The summed E-state index contributed by atoms with van der Waals surface area (Å²) in [5, 5.41) is 12.3. The third kappa shape index (κ3) is 5.45. The van der Waals surface area contributed by atoms with E-state index < -0.39 is 13.7 Å². The molecule has 0 aromatic carbocycles. The molecular weight excluding hydrogens is 259 g/mol. The molecule has 0 unspecified atom stereocenters. The van der Waals surface area contributed by atoms with Gasteiger partial charge in [-0.3, -0.25) is 0 Å². The zero-order chi connectivity index (χ0) is 15.5. The summed E-state index contributed by atoms with van der Waals surface area (Å²) in [6.07, 6.45) is 4.10. The molecule has 0 aliphatic heterocycles. The van der Waals surface area contributed by atoms with Crippen LogP contribution in [0.1, 0.15) is 48.0 Å². The Balaban J connectivity index is 0. The Labute approximate surface area is 139 Å². The van der Waals surface area contributed by atoms with E-state index in [9.17, 15) is 5.11 Å². The second kappa shape index (κ2) is 7.89. The van der Waals surface area contributed by atoms with E-state index in [1.165, 1.54) is 0 Å². The zero-order valence-corrected chi connectivity index (χ0v) is 16.0. The summed E-state index contributed by atoms with van der Waals surface area (Å²) in [4.78, 5) is 0. The molecule has 0 aromatic heterocycles. The second-order valence-corrected chi connectivity index (χ2v) is 12.0. The fourth-order valence-corrected chi connectivity index (χ4v) is 3.16. The number of rotatable bonds is 6. The Bertz CT molecular complexity index is 341. The Kier molecular flexibility index (Phi) is 8.81. The van der Waals surface area contributed by atoms with Crippen molar-refractivity contribution in [3.05, 3.63) is 24.5 Å². The minimum atomic E-state index is -1.89. The Morgan fingerprint density at radius 2 is 1.70 bits per heavy atom. The van der Waals surface area contributed by atoms with Gasteiger partial charge in [-0.15, -0.1) is 12.3 Å². The standard InChI is InChI=1S/C16H32O2Si.Li/c1-10-12-14(16(6,7)13(17)11-2)18-19(8,9)15(3,4)5;/h10-11,14,17H,1,12H2,2-9H3;/q;+1/p-1/b13-11-;/t14-;/m0./s1. The molecule has 0 N–H and O–H groups in total. The maximum Gasteiger partial charge on any atom is 1.00 e. The van der Waals surface area contributed by atoms with Gasteiger partial charge in [0.1, 0.15) is 0 Å². The van der Waals surface area contributed by atoms with Crippen LogP contribution in [0.15, 0.2) is 24.5 Å². The van der Waals surface area contributed by atoms with Crippen molar-refractivity contribution in [3.8, 4) is 0 Å². The molecule has 0 spiro atoms. The topological polar surface area (TPSA) is 32.3 Å². The maximum absolute atomic E-state index is 12.1. The molecule has 0 saturated carbocycles. The Hall–Kier alpha value is 0.0543. The maximum atomic E-state index is 12.1. The zero-order valence-electron chi connectivity index (χ0n) is 15.0. The van der Waals surface area contributed by atoms with Crippen molar-refractivity contribution in [2.45, 2.75) is 72.2 Å². The third-order valence-corrected chi connectivity index (χ3v) is 8.81. The van der Waals surface area contributed by atoms with Crippen molar-refractivity contribution in [2.75, 3.05) is 0 Å². The second-order valence-electron chi connectivity index (χ2n) is 7.27. The molecule has 2 nitrogen and oxygen atoms in total. The number of hydrogen-bond donors (Lipinski definition) is 0. The first-order valence-electron chi connectivity index (χ1n) is 7.02. The minimum Gasteiger partial charge on any atom is -0.875 e. The van der Waals surface area contributed by atoms with E-state index >= 15 is 0 Å². The van der Waals surface area contributed by atoms with E-state index in [2.05, 4.69) is 40.4 Å². The van der Waals surface area contributed by atoms with Crippen molar-refractivity contribution in [1.82, 2.24) is 0 Å². The van der Waals surface area contributed by atoms with Gasteiger partial charge in [0.2, 0.25) is 0 Å². The molecule has 0 bridgehead atoms. The quantitative estimate of drug-likeness (QED) is 0.419. The number of allylic oxidation sites excluding steroid dienone is 1. The van der Waals surface area contributed by atoms with Crippen LogP contribution in [0.3, 0.4) is 0 Å². The molecule has 20 heavy (non-hydrogen) atoms. The van der Waals surface area contributed by atoms with E-state index in [-0.39, 0.29) is 35.8 Å². The Morgan fingerprint density at radius 1 is 1.25 bits per heavy atom. The molecule has 0 aliphatic carbocycles. The molecule has 0 radical (unpaired) electrons. The minimum absolute atomic E-state index is 0. The van der Waals surface area contributed by atoms with Crippen LogP contribution in [0.4, 0.5) is 0 Å². The van der Waals surface area contributed by atoms with E-state index in [4.69, 9.17) is 4.43 Å². The van der Waals surface area contributed by atoms with Crippen LogP contribution in [0.25, 0.3) is 0 Å². The summed E-state index contributed by atoms with van der Waals surface area (Å²) in [5.74, 6) is 0.137. The summed E-state index contributed by atoms with van der Waals surface area (Å²) in [6, 6.07) is 0. The van der Waals surface area contributed by atoms with Crippen LogP contribution >= 0.6 is 0 Å². The van der Waals surface area contributed by atoms with Gasteiger partial charge < -0.3 is 9.53 Å². The molecule has 1 atom stereocenters. The van der Waals surface area contributed by atoms with Gasteiger partial charge in [-0.2, -0.15) is 0 Å². The van der Waals surface area contributed by atoms with Crippen LogP contribution in [-0.4, -0.2) is 14.4 Å². The summed E-state index contributed by atoms with van der Waals surface area (Å²) in [7, 11) is -1.89. The van der Waals surface area contributed by atoms with Gasteiger partial charge in [-0.05, 0) is 31.5 Å². The summed E-state index contributed by atoms with van der Waals surface area (Å²) >= 11 is 0. The SMILES string of the molecule is C=CC[C@H](O[Si](C)(C)C(C)(C)C)C(C)(C)/C([O-])=C/C.[Li+]. The molecule has 0 aliphatic rings. The fraction of sp³-hybridized carbons (Fsp3) is 0.750. The Morgan fingerprint density at radius 3 is 2.00 bits per heavy atom. The van der Waals surface area contributed by atoms with Crippen LogP contribution in [0, 0.1) is 5.41 Å². The van der Waals surface area contributed by atoms with E-state index in [1.807, 2.05) is 19.9 Å². The third-order valence-electron chi connectivity index (χ3n) is 4.33. The van der Waals surface area contributed by atoms with Gasteiger partial charge in [0.05, 0.1) is 6.10 Å². The first kappa shape index (κ1) is 22.3. The average Bonchev–Trinajstić information content (AvgIpc) is 2.25. The molecule has 0 rings (SSSR count). The monoisotopic (exact) mass is 290 g/mol. The van der Waals surface area contributed by atoms with Gasteiger partial charge in [0.25, 0.3) is 0 Å². The first-order valence-corrected chi connectivity index (χ1v) is 9.93. The molecule has 112 valence electrons. The van der Waals surface area contributed by atoms with E-state index in [1.54, 1.807) is 13.0 Å².